The lowest BCUT2D eigenvalue weighted by Gasteiger charge is -2.40. The van der Waals surface area contributed by atoms with Crippen LogP contribution in [0.1, 0.15) is 31.7 Å². The lowest BCUT2D eigenvalue weighted by molar-refractivity contribution is -0.0510. The summed E-state index contributed by atoms with van der Waals surface area (Å²) in [5, 5.41) is 3.46. The summed E-state index contributed by atoms with van der Waals surface area (Å²) in [4.78, 5) is 0. The van der Waals surface area contributed by atoms with Crippen molar-refractivity contribution in [3.05, 3.63) is 60.2 Å². The molecule has 1 heterocycles. The van der Waals surface area contributed by atoms with Crippen LogP contribution >= 0.6 is 0 Å². The van der Waals surface area contributed by atoms with E-state index in [1.165, 1.54) is 5.56 Å². The van der Waals surface area contributed by atoms with Crippen molar-refractivity contribution in [1.29, 1.82) is 0 Å². The first-order valence-electron chi connectivity index (χ1n) is 8.39. The van der Waals surface area contributed by atoms with Gasteiger partial charge in [-0.25, -0.2) is 0 Å². The molecule has 0 saturated carbocycles. The Morgan fingerprint density at radius 3 is 2.64 bits per heavy atom. The van der Waals surface area contributed by atoms with Gasteiger partial charge in [0.2, 0.25) is 0 Å². The Hall–Kier alpha value is -1.38. The molecule has 0 radical (unpaired) electrons. The molecule has 1 fully saturated rings. The summed E-state index contributed by atoms with van der Waals surface area (Å²) in [6, 6.07) is 10.8. The van der Waals surface area contributed by atoms with Gasteiger partial charge in [0.15, 0.2) is 0 Å². The summed E-state index contributed by atoms with van der Waals surface area (Å²) < 4.78 is 6.02. The molecule has 3 unspecified atom stereocenters. The second kappa shape index (κ2) is 6.80. The van der Waals surface area contributed by atoms with Gasteiger partial charge in [-0.2, -0.15) is 0 Å². The van der Waals surface area contributed by atoms with Crippen LogP contribution in [0.25, 0.3) is 0 Å². The van der Waals surface area contributed by atoms with Crippen molar-refractivity contribution in [1.82, 2.24) is 5.32 Å². The van der Waals surface area contributed by atoms with Crippen molar-refractivity contribution in [3.63, 3.8) is 0 Å². The van der Waals surface area contributed by atoms with Crippen LogP contribution in [0.5, 0.6) is 0 Å². The van der Waals surface area contributed by atoms with Gasteiger partial charge >= 0.3 is 0 Å². The first-order chi connectivity index (χ1) is 10.7. The SMILES string of the molecule is CC(C)(CC1C=CC=CC1c1ccccc1)C1CNCCO1. The third-order valence-electron chi connectivity index (χ3n) is 4.99. The molecule has 118 valence electrons. The maximum atomic E-state index is 6.02. The summed E-state index contributed by atoms with van der Waals surface area (Å²) in [6.45, 7) is 7.47. The van der Waals surface area contributed by atoms with E-state index < -0.39 is 0 Å². The first-order valence-corrected chi connectivity index (χ1v) is 8.39. The normalized spacial score (nSPS) is 28.7. The van der Waals surface area contributed by atoms with Gasteiger partial charge < -0.3 is 10.1 Å². The number of hydrogen-bond donors (Lipinski definition) is 1. The van der Waals surface area contributed by atoms with Crippen LogP contribution in [0.15, 0.2) is 54.6 Å². The molecule has 0 spiro atoms. The molecule has 1 aromatic carbocycles. The molecule has 1 aromatic rings. The highest BCUT2D eigenvalue weighted by Crippen LogP contribution is 2.40. The zero-order valence-electron chi connectivity index (χ0n) is 13.7. The minimum Gasteiger partial charge on any atom is -0.375 e. The molecule has 0 amide bonds. The number of nitrogens with one attached hydrogen (secondary N) is 1. The fourth-order valence-corrected chi connectivity index (χ4v) is 3.69. The highest BCUT2D eigenvalue weighted by molar-refractivity contribution is 5.30. The number of rotatable bonds is 4. The highest BCUT2D eigenvalue weighted by Gasteiger charge is 2.35. The summed E-state index contributed by atoms with van der Waals surface area (Å²) in [6.07, 6.45) is 10.5. The maximum Gasteiger partial charge on any atom is 0.0751 e. The Labute approximate surface area is 134 Å². The highest BCUT2D eigenvalue weighted by atomic mass is 16.5. The van der Waals surface area contributed by atoms with Gasteiger partial charge in [-0.15, -0.1) is 0 Å². The molecule has 1 saturated heterocycles. The van der Waals surface area contributed by atoms with Crippen molar-refractivity contribution in [2.45, 2.75) is 32.3 Å². The van der Waals surface area contributed by atoms with Crippen molar-refractivity contribution in [2.24, 2.45) is 11.3 Å². The first kappa shape index (κ1) is 15.5. The molecule has 2 aliphatic rings. The van der Waals surface area contributed by atoms with Crippen LogP contribution in [0.4, 0.5) is 0 Å². The second-order valence-electron chi connectivity index (χ2n) is 7.13. The van der Waals surface area contributed by atoms with Gasteiger partial charge in [0.05, 0.1) is 12.7 Å². The van der Waals surface area contributed by atoms with Gasteiger partial charge in [0.1, 0.15) is 0 Å². The zero-order chi connectivity index (χ0) is 15.4. The molecular formula is C20H27NO. The van der Waals surface area contributed by atoms with E-state index in [2.05, 4.69) is 73.8 Å². The van der Waals surface area contributed by atoms with Crippen molar-refractivity contribution < 1.29 is 4.74 Å². The van der Waals surface area contributed by atoms with Crippen LogP contribution in [0.2, 0.25) is 0 Å². The van der Waals surface area contributed by atoms with Gasteiger partial charge in [-0.1, -0.05) is 68.5 Å². The monoisotopic (exact) mass is 297 g/mol. The van der Waals surface area contributed by atoms with Crippen molar-refractivity contribution in [2.75, 3.05) is 19.7 Å². The van der Waals surface area contributed by atoms with E-state index >= 15 is 0 Å². The molecule has 1 aliphatic heterocycles. The minimum atomic E-state index is 0.167. The van der Waals surface area contributed by atoms with E-state index in [4.69, 9.17) is 4.74 Å². The largest absolute Gasteiger partial charge is 0.375 e. The Morgan fingerprint density at radius 2 is 1.91 bits per heavy atom. The average Bonchev–Trinajstić information content (AvgIpc) is 2.57. The Bertz CT molecular complexity index is 526. The van der Waals surface area contributed by atoms with E-state index in [-0.39, 0.29) is 5.41 Å². The summed E-state index contributed by atoms with van der Waals surface area (Å²) in [5.74, 6) is 1.01. The van der Waals surface area contributed by atoms with Crippen LogP contribution in [-0.2, 0) is 4.74 Å². The topological polar surface area (TPSA) is 21.3 Å². The summed E-state index contributed by atoms with van der Waals surface area (Å²) in [7, 11) is 0. The van der Waals surface area contributed by atoms with Crippen LogP contribution in [-0.4, -0.2) is 25.8 Å². The van der Waals surface area contributed by atoms with Crippen LogP contribution in [0.3, 0.4) is 0 Å². The Kier molecular flexibility index (Phi) is 4.80. The molecule has 0 aromatic heterocycles. The standard InChI is InChI=1S/C20H27NO/c1-20(2,19-15-21-12-13-22-19)14-17-10-6-7-11-18(17)16-8-4-3-5-9-16/h3-11,17-19,21H,12-15H2,1-2H3. The molecule has 1 N–H and O–H groups in total. The molecule has 22 heavy (non-hydrogen) atoms. The van der Waals surface area contributed by atoms with E-state index in [1.807, 2.05) is 0 Å². The van der Waals surface area contributed by atoms with Gasteiger partial charge in [-0.3, -0.25) is 0 Å². The van der Waals surface area contributed by atoms with Gasteiger partial charge in [-0.05, 0) is 23.3 Å². The third kappa shape index (κ3) is 3.50. The van der Waals surface area contributed by atoms with E-state index in [0.717, 1.165) is 26.1 Å². The van der Waals surface area contributed by atoms with Crippen LogP contribution < -0.4 is 5.32 Å². The van der Waals surface area contributed by atoms with E-state index in [1.54, 1.807) is 0 Å². The van der Waals surface area contributed by atoms with Gasteiger partial charge in [0.25, 0.3) is 0 Å². The Morgan fingerprint density at radius 1 is 1.14 bits per heavy atom. The molecule has 3 rings (SSSR count). The summed E-state index contributed by atoms with van der Waals surface area (Å²) >= 11 is 0. The molecule has 0 bridgehead atoms. The quantitative estimate of drug-likeness (QED) is 0.909. The maximum absolute atomic E-state index is 6.02. The molecular weight excluding hydrogens is 270 g/mol. The summed E-state index contributed by atoms with van der Waals surface area (Å²) in [5.41, 5.74) is 1.58. The van der Waals surface area contributed by atoms with Crippen molar-refractivity contribution >= 4 is 0 Å². The molecule has 1 aliphatic carbocycles. The molecule has 2 nitrogen and oxygen atoms in total. The fraction of sp³-hybridized carbons (Fsp3) is 0.500. The van der Waals surface area contributed by atoms with Gasteiger partial charge in [0, 0.05) is 19.0 Å². The smallest absolute Gasteiger partial charge is 0.0751 e. The fourth-order valence-electron chi connectivity index (χ4n) is 3.69. The number of allylic oxidation sites excluding steroid dienone is 4. The predicted molar refractivity (Wildman–Crippen MR) is 92.0 cm³/mol. The average molecular weight is 297 g/mol. The van der Waals surface area contributed by atoms with E-state index in [0.29, 0.717) is 17.9 Å². The Balaban J connectivity index is 1.74. The third-order valence-corrected chi connectivity index (χ3v) is 4.99. The molecule has 2 heteroatoms. The number of benzene rings is 1. The van der Waals surface area contributed by atoms with E-state index in [9.17, 15) is 0 Å². The second-order valence-corrected chi connectivity index (χ2v) is 7.13. The predicted octanol–water partition coefficient (Wildman–Crippen LogP) is 3.92. The minimum absolute atomic E-state index is 0.167. The molecule has 3 atom stereocenters. The lowest BCUT2D eigenvalue weighted by Crippen LogP contribution is -2.47. The number of hydrogen-bond acceptors (Lipinski definition) is 2. The van der Waals surface area contributed by atoms with Crippen molar-refractivity contribution in [3.8, 4) is 0 Å². The van der Waals surface area contributed by atoms with Crippen LogP contribution in [0, 0.1) is 11.3 Å². The lowest BCUT2D eigenvalue weighted by atomic mass is 9.71. The number of ether oxygens (including phenoxy) is 1. The number of morpholine rings is 1. The zero-order valence-corrected chi connectivity index (χ0v) is 13.7.